The zero-order valence-electron chi connectivity index (χ0n) is 11.6. The molecule has 5 nitrogen and oxygen atoms in total. The van der Waals surface area contributed by atoms with Crippen molar-refractivity contribution in [2.75, 3.05) is 32.7 Å². The topological polar surface area (TPSA) is 71.0 Å². The van der Waals surface area contributed by atoms with Crippen molar-refractivity contribution in [2.24, 2.45) is 0 Å². The number of nitrogens with one attached hydrogen (secondary N) is 1. The Kier molecular flexibility index (Phi) is 6.41. The van der Waals surface area contributed by atoms with Crippen molar-refractivity contribution in [3.05, 3.63) is 29.3 Å². The van der Waals surface area contributed by atoms with Crippen LogP contribution in [0.25, 0.3) is 0 Å². The molecule has 0 fully saturated rings. The lowest BCUT2D eigenvalue weighted by atomic mass is 10.1. The van der Waals surface area contributed by atoms with Gasteiger partial charge in [0.05, 0.1) is 18.3 Å². The minimum atomic E-state index is -4.57. The zero-order chi connectivity index (χ0) is 16.0. The highest BCUT2D eigenvalue weighted by Gasteiger charge is 2.35. The Morgan fingerprint density at radius 1 is 1.24 bits per heavy atom. The first kappa shape index (κ1) is 17.7. The molecule has 3 N–H and O–H groups in total. The summed E-state index contributed by atoms with van der Waals surface area (Å²) in [6.07, 6.45) is -6.75. The van der Waals surface area contributed by atoms with Crippen LogP contribution in [0.1, 0.15) is 17.4 Å². The maximum absolute atomic E-state index is 13.1. The Bertz CT molecular complexity index is 450. The molecule has 120 valence electrons. The Labute approximate surface area is 120 Å². The van der Waals surface area contributed by atoms with Crippen molar-refractivity contribution in [1.82, 2.24) is 0 Å². The third-order valence-corrected chi connectivity index (χ3v) is 2.79. The highest BCUT2D eigenvalue weighted by Crippen LogP contribution is 2.37. The molecule has 1 atom stereocenters. The molecule has 1 rings (SSSR count). The molecule has 8 heteroatoms. The molecule has 0 aliphatic rings. The smallest absolute Gasteiger partial charge is 0.394 e. The number of benzene rings is 1. The van der Waals surface area contributed by atoms with Crippen LogP contribution in [0.3, 0.4) is 0 Å². The van der Waals surface area contributed by atoms with E-state index >= 15 is 0 Å². The third-order valence-electron chi connectivity index (χ3n) is 2.79. The first-order valence-electron chi connectivity index (χ1n) is 6.13. The highest BCUT2D eigenvalue weighted by atomic mass is 19.4. The summed E-state index contributed by atoms with van der Waals surface area (Å²) in [7, 11) is 2.50. The van der Waals surface area contributed by atoms with E-state index in [1.807, 2.05) is 0 Å². The largest absolute Gasteiger partial charge is 0.416 e. The number of anilines is 1. The van der Waals surface area contributed by atoms with Crippen LogP contribution < -0.4 is 5.32 Å². The summed E-state index contributed by atoms with van der Waals surface area (Å²) < 4.78 is 49.0. The number of hydrogen-bond acceptors (Lipinski definition) is 5. The van der Waals surface area contributed by atoms with E-state index in [1.54, 1.807) is 0 Å². The van der Waals surface area contributed by atoms with Gasteiger partial charge < -0.3 is 25.0 Å². The van der Waals surface area contributed by atoms with Crippen LogP contribution in [0.2, 0.25) is 0 Å². The summed E-state index contributed by atoms with van der Waals surface area (Å²) >= 11 is 0. The number of halogens is 3. The minimum Gasteiger partial charge on any atom is -0.394 e. The van der Waals surface area contributed by atoms with Gasteiger partial charge in [0.25, 0.3) is 0 Å². The van der Waals surface area contributed by atoms with E-state index in [2.05, 4.69) is 5.32 Å². The monoisotopic (exact) mass is 309 g/mol. The Hall–Kier alpha value is -1.35. The van der Waals surface area contributed by atoms with Gasteiger partial charge in [0.2, 0.25) is 0 Å². The Morgan fingerprint density at radius 2 is 1.86 bits per heavy atom. The van der Waals surface area contributed by atoms with Crippen LogP contribution in [-0.2, 0) is 15.7 Å². The molecule has 0 amide bonds. The van der Waals surface area contributed by atoms with Gasteiger partial charge in [0.1, 0.15) is 0 Å². The van der Waals surface area contributed by atoms with Crippen LogP contribution in [0.15, 0.2) is 18.2 Å². The van der Waals surface area contributed by atoms with E-state index in [9.17, 15) is 18.3 Å². The van der Waals surface area contributed by atoms with E-state index in [0.717, 1.165) is 6.07 Å². The quantitative estimate of drug-likeness (QED) is 0.670. The number of rotatable bonds is 7. The number of methoxy groups -OCH3 is 2. The van der Waals surface area contributed by atoms with Gasteiger partial charge in [0, 0.05) is 32.0 Å². The van der Waals surface area contributed by atoms with Crippen LogP contribution in [0.5, 0.6) is 0 Å². The molecule has 0 saturated carbocycles. The van der Waals surface area contributed by atoms with Gasteiger partial charge in [-0.2, -0.15) is 13.2 Å². The van der Waals surface area contributed by atoms with Gasteiger partial charge >= 0.3 is 6.18 Å². The van der Waals surface area contributed by atoms with Gasteiger partial charge in [-0.1, -0.05) is 6.07 Å². The molecule has 0 aromatic heterocycles. The first-order valence-corrected chi connectivity index (χ1v) is 6.13. The molecule has 0 saturated heterocycles. The van der Waals surface area contributed by atoms with Crippen molar-refractivity contribution in [3.63, 3.8) is 0 Å². The van der Waals surface area contributed by atoms with Crippen LogP contribution in [0, 0.1) is 0 Å². The molecule has 1 aromatic carbocycles. The lowest BCUT2D eigenvalue weighted by Gasteiger charge is -2.20. The number of ether oxygens (including phenoxy) is 2. The molecule has 1 aromatic rings. The molecule has 0 radical (unpaired) electrons. The second kappa shape index (κ2) is 7.60. The maximum atomic E-state index is 13.1. The number of alkyl halides is 3. The number of hydrogen-bond donors (Lipinski definition) is 3. The van der Waals surface area contributed by atoms with Crippen LogP contribution in [-0.4, -0.2) is 43.7 Å². The molecule has 0 bridgehead atoms. The number of aliphatic hydroxyl groups is 2. The van der Waals surface area contributed by atoms with Crippen molar-refractivity contribution >= 4 is 5.69 Å². The van der Waals surface area contributed by atoms with Crippen molar-refractivity contribution in [1.29, 1.82) is 0 Å². The SMILES string of the molecule is COC(OC)c1ccc(NCC(O)CO)cc1C(F)(F)F. The Morgan fingerprint density at radius 3 is 2.33 bits per heavy atom. The van der Waals surface area contributed by atoms with Crippen LogP contribution in [0.4, 0.5) is 18.9 Å². The van der Waals surface area contributed by atoms with E-state index in [4.69, 9.17) is 14.6 Å². The first-order chi connectivity index (χ1) is 9.83. The van der Waals surface area contributed by atoms with Gasteiger partial charge in [-0.05, 0) is 12.1 Å². The van der Waals surface area contributed by atoms with Crippen molar-refractivity contribution < 1.29 is 32.9 Å². The summed E-state index contributed by atoms with van der Waals surface area (Å²) in [5.41, 5.74) is -0.857. The lowest BCUT2D eigenvalue weighted by Crippen LogP contribution is -2.23. The fourth-order valence-electron chi connectivity index (χ4n) is 1.77. The molecule has 0 aliphatic carbocycles. The van der Waals surface area contributed by atoms with E-state index in [0.29, 0.717) is 0 Å². The van der Waals surface area contributed by atoms with E-state index in [-0.39, 0.29) is 17.8 Å². The average Bonchev–Trinajstić information content (AvgIpc) is 2.45. The number of aliphatic hydroxyl groups excluding tert-OH is 2. The summed E-state index contributed by atoms with van der Waals surface area (Å²) in [5.74, 6) is 0. The molecular weight excluding hydrogens is 291 g/mol. The summed E-state index contributed by atoms with van der Waals surface area (Å²) in [5, 5.41) is 20.5. The molecule has 0 spiro atoms. The average molecular weight is 309 g/mol. The summed E-state index contributed by atoms with van der Waals surface area (Å²) in [6.45, 7) is -0.544. The van der Waals surface area contributed by atoms with E-state index in [1.165, 1.54) is 26.4 Å². The lowest BCUT2D eigenvalue weighted by molar-refractivity contribution is -0.147. The molecule has 0 heterocycles. The second-order valence-electron chi connectivity index (χ2n) is 4.32. The van der Waals surface area contributed by atoms with Crippen LogP contribution >= 0.6 is 0 Å². The summed E-state index contributed by atoms with van der Waals surface area (Å²) in [6, 6.07) is 3.57. The standard InChI is InChI=1S/C13H18F3NO4/c1-20-12(21-2)10-4-3-8(17-6-9(19)7-18)5-11(10)13(14,15)16/h3-5,9,12,17-19H,6-7H2,1-2H3. The fourth-order valence-corrected chi connectivity index (χ4v) is 1.77. The van der Waals surface area contributed by atoms with Gasteiger partial charge in [-0.15, -0.1) is 0 Å². The second-order valence-corrected chi connectivity index (χ2v) is 4.32. The predicted octanol–water partition coefficient (Wildman–Crippen LogP) is 1.76. The molecule has 0 aliphatic heterocycles. The Balaban J connectivity index is 3.07. The predicted molar refractivity (Wildman–Crippen MR) is 69.8 cm³/mol. The zero-order valence-corrected chi connectivity index (χ0v) is 11.6. The molecule has 21 heavy (non-hydrogen) atoms. The minimum absolute atomic E-state index is 0.0644. The summed E-state index contributed by atoms with van der Waals surface area (Å²) in [4.78, 5) is 0. The maximum Gasteiger partial charge on any atom is 0.416 e. The van der Waals surface area contributed by atoms with E-state index < -0.39 is 30.7 Å². The van der Waals surface area contributed by atoms with Crippen molar-refractivity contribution in [3.8, 4) is 0 Å². The molecular formula is C13H18F3NO4. The van der Waals surface area contributed by atoms with Crippen molar-refractivity contribution in [2.45, 2.75) is 18.6 Å². The third kappa shape index (κ3) is 4.85. The molecule has 1 unspecified atom stereocenters. The van der Waals surface area contributed by atoms with Gasteiger partial charge in [-0.25, -0.2) is 0 Å². The normalized spacial score (nSPS) is 13.5. The van der Waals surface area contributed by atoms with Gasteiger partial charge in [0.15, 0.2) is 6.29 Å². The highest BCUT2D eigenvalue weighted by molar-refractivity contribution is 5.50. The van der Waals surface area contributed by atoms with Gasteiger partial charge in [-0.3, -0.25) is 0 Å². The fraction of sp³-hybridized carbons (Fsp3) is 0.538.